The van der Waals surface area contributed by atoms with Gasteiger partial charge in [0.05, 0.1) is 4.88 Å². The average molecular weight is 252 g/mol. The highest BCUT2D eigenvalue weighted by Gasteiger charge is 2.11. The predicted octanol–water partition coefficient (Wildman–Crippen LogP) is 5.24. The number of carbonyl (C=O) groups is 1. The summed E-state index contributed by atoms with van der Waals surface area (Å²) in [5.41, 5.74) is 1.23. The first-order valence-corrected chi connectivity index (χ1v) is 7.77. The summed E-state index contributed by atoms with van der Waals surface area (Å²) in [6.07, 6.45) is 9.20. The maximum absolute atomic E-state index is 12.0. The molecule has 17 heavy (non-hydrogen) atoms. The molecule has 0 spiro atoms. The van der Waals surface area contributed by atoms with E-state index in [4.69, 9.17) is 0 Å². The first kappa shape index (κ1) is 14.4. The molecule has 0 saturated heterocycles. The fourth-order valence-corrected chi connectivity index (χ4v) is 3.00. The van der Waals surface area contributed by atoms with E-state index in [0.29, 0.717) is 5.78 Å². The molecule has 1 heterocycles. The number of hydrogen-bond acceptors (Lipinski definition) is 2. The van der Waals surface area contributed by atoms with Gasteiger partial charge in [-0.1, -0.05) is 46.0 Å². The summed E-state index contributed by atoms with van der Waals surface area (Å²) in [6, 6.07) is 2.08. The summed E-state index contributed by atoms with van der Waals surface area (Å²) in [6.45, 7) is 4.34. The largest absolute Gasteiger partial charge is 0.293 e. The molecule has 96 valence electrons. The molecule has 0 radical (unpaired) electrons. The topological polar surface area (TPSA) is 17.1 Å². The normalized spacial score (nSPS) is 10.7. The lowest BCUT2D eigenvalue weighted by molar-refractivity contribution is 0.0982. The predicted molar refractivity (Wildman–Crippen MR) is 76.0 cm³/mol. The van der Waals surface area contributed by atoms with Crippen molar-refractivity contribution in [1.82, 2.24) is 0 Å². The maximum atomic E-state index is 12.0. The molecule has 0 aliphatic carbocycles. The Morgan fingerprint density at radius 3 is 2.53 bits per heavy atom. The second-order valence-corrected chi connectivity index (χ2v) is 5.49. The molecule has 1 aromatic heterocycles. The molecule has 0 bridgehead atoms. The lowest BCUT2D eigenvalue weighted by Crippen LogP contribution is -1.99. The summed E-state index contributed by atoms with van der Waals surface area (Å²) >= 11 is 1.60. The molecular weight excluding hydrogens is 228 g/mol. The number of thiophene rings is 1. The van der Waals surface area contributed by atoms with Crippen LogP contribution in [0, 0.1) is 0 Å². The van der Waals surface area contributed by atoms with E-state index in [-0.39, 0.29) is 0 Å². The van der Waals surface area contributed by atoms with E-state index in [1.54, 1.807) is 11.3 Å². The Balaban J connectivity index is 2.21. The summed E-state index contributed by atoms with van der Waals surface area (Å²) < 4.78 is 0. The van der Waals surface area contributed by atoms with Gasteiger partial charge >= 0.3 is 0 Å². The first-order valence-electron chi connectivity index (χ1n) is 6.89. The number of Topliss-reactive ketones (excluding diaryl/α,β-unsaturated/α-hetero) is 1. The van der Waals surface area contributed by atoms with Crippen molar-refractivity contribution in [3.05, 3.63) is 21.9 Å². The zero-order valence-electron chi connectivity index (χ0n) is 11.1. The van der Waals surface area contributed by atoms with Crippen molar-refractivity contribution in [2.45, 2.75) is 65.2 Å². The Hall–Kier alpha value is -0.630. The fraction of sp³-hybridized carbons (Fsp3) is 0.667. The minimum Gasteiger partial charge on any atom is -0.293 e. The third-order valence-electron chi connectivity index (χ3n) is 3.14. The van der Waals surface area contributed by atoms with E-state index >= 15 is 0 Å². The molecule has 1 nitrogen and oxygen atoms in total. The Kier molecular flexibility index (Phi) is 7.18. The second-order valence-electron chi connectivity index (χ2n) is 4.57. The lowest BCUT2D eigenvalue weighted by Gasteiger charge is -2.02. The smallest absolute Gasteiger partial charge is 0.173 e. The molecule has 0 N–H and O–H groups in total. The van der Waals surface area contributed by atoms with Gasteiger partial charge in [0.25, 0.3) is 0 Å². The molecule has 1 rings (SSSR count). The second kappa shape index (κ2) is 8.46. The van der Waals surface area contributed by atoms with Gasteiger partial charge in [-0.25, -0.2) is 0 Å². The van der Waals surface area contributed by atoms with Crippen molar-refractivity contribution < 1.29 is 4.79 Å². The zero-order valence-corrected chi connectivity index (χ0v) is 11.9. The summed E-state index contributed by atoms with van der Waals surface area (Å²) in [5, 5.41) is 2.04. The molecule has 0 aromatic carbocycles. The molecule has 0 saturated carbocycles. The van der Waals surface area contributed by atoms with Crippen LogP contribution >= 0.6 is 11.3 Å². The van der Waals surface area contributed by atoms with E-state index in [1.807, 2.05) is 5.38 Å². The van der Waals surface area contributed by atoms with Gasteiger partial charge in [0.2, 0.25) is 0 Å². The Morgan fingerprint density at radius 2 is 1.82 bits per heavy atom. The van der Waals surface area contributed by atoms with Crippen LogP contribution in [0.5, 0.6) is 0 Å². The minimum absolute atomic E-state index is 0.354. The summed E-state index contributed by atoms with van der Waals surface area (Å²) in [4.78, 5) is 13.0. The van der Waals surface area contributed by atoms with Gasteiger partial charge in [0.1, 0.15) is 0 Å². The van der Waals surface area contributed by atoms with Gasteiger partial charge in [-0.15, -0.1) is 11.3 Å². The SMILES string of the molecule is CCCCCCCCC(=O)c1sccc1CC. The zero-order chi connectivity index (χ0) is 12.5. The van der Waals surface area contributed by atoms with Crippen LogP contribution < -0.4 is 0 Å². The molecule has 0 atom stereocenters. The third kappa shape index (κ3) is 5.03. The maximum Gasteiger partial charge on any atom is 0.173 e. The highest BCUT2D eigenvalue weighted by molar-refractivity contribution is 7.12. The quantitative estimate of drug-likeness (QED) is 0.433. The molecule has 0 amide bonds. The third-order valence-corrected chi connectivity index (χ3v) is 4.14. The van der Waals surface area contributed by atoms with Gasteiger partial charge < -0.3 is 0 Å². The first-order chi connectivity index (χ1) is 8.29. The van der Waals surface area contributed by atoms with E-state index < -0.39 is 0 Å². The Bertz CT molecular complexity index is 327. The average Bonchev–Trinajstić information content (AvgIpc) is 2.81. The van der Waals surface area contributed by atoms with Crippen LogP contribution in [0.2, 0.25) is 0 Å². The van der Waals surface area contributed by atoms with Gasteiger partial charge in [-0.3, -0.25) is 4.79 Å². The number of carbonyl (C=O) groups excluding carboxylic acids is 1. The molecular formula is C15H24OS. The van der Waals surface area contributed by atoms with Crippen molar-refractivity contribution >= 4 is 17.1 Å². The minimum atomic E-state index is 0.354. The van der Waals surface area contributed by atoms with Crippen LogP contribution in [0.4, 0.5) is 0 Å². The van der Waals surface area contributed by atoms with Crippen LogP contribution in [0.1, 0.15) is 74.0 Å². The van der Waals surface area contributed by atoms with Crippen LogP contribution in [0.15, 0.2) is 11.4 Å². The molecule has 1 aromatic rings. The van der Waals surface area contributed by atoms with Crippen LogP contribution in [-0.2, 0) is 6.42 Å². The molecule has 0 aliphatic heterocycles. The Labute approximate surface area is 109 Å². The highest BCUT2D eigenvalue weighted by Crippen LogP contribution is 2.20. The van der Waals surface area contributed by atoms with Crippen LogP contribution in [-0.4, -0.2) is 5.78 Å². The van der Waals surface area contributed by atoms with E-state index in [0.717, 1.165) is 24.1 Å². The van der Waals surface area contributed by atoms with Crippen molar-refractivity contribution in [2.24, 2.45) is 0 Å². The fourth-order valence-electron chi connectivity index (χ4n) is 2.04. The van der Waals surface area contributed by atoms with Crippen molar-refractivity contribution in [3.63, 3.8) is 0 Å². The number of aryl methyl sites for hydroxylation is 1. The molecule has 0 unspecified atom stereocenters. The van der Waals surface area contributed by atoms with Crippen LogP contribution in [0.3, 0.4) is 0 Å². The monoisotopic (exact) mass is 252 g/mol. The number of hydrogen-bond donors (Lipinski definition) is 0. The molecule has 2 heteroatoms. The van der Waals surface area contributed by atoms with Gasteiger partial charge in [0, 0.05) is 6.42 Å². The van der Waals surface area contributed by atoms with Crippen molar-refractivity contribution in [3.8, 4) is 0 Å². The standard InChI is InChI=1S/C15H24OS/c1-3-5-6-7-8-9-10-14(16)15-13(4-2)11-12-17-15/h11-12H,3-10H2,1-2H3. The van der Waals surface area contributed by atoms with E-state index in [1.165, 1.54) is 37.7 Å². The van der Waals surface area contributed by atoms with Crippen molar-refractivity contribution in [2.75, 3.05) is 0 Å². The van der Waals surface area contributed by atoms with Gasteiger partial charge in [-0.2, -0.15) is 0 Å². The van der Waals surface area contributed by atoms with Crippen molar-refractivity contribution in [1.29, 1.82) is 0 Å². The van der Waals surface area contributed by atoms with E-state index in [9.17, 15) is 4.79 Å². The molecule has 0 aliphatic rings. The van der Waals surface area contributed by atoms with E-state index in [2.05, 4.69) is 19.9 Å². The summed E-state index contributed by atoms with van der Waals surface area (Å²) in [7, 11) is 0. The number of ketones is 1. The number of rotatable bonds is 9. The lowest BCUT2D eigenvalue weighted by atomic mass is 10.1. The van der Waals surface area contributed by atoms with Gasteiger partial charge in [0.15, 0.2) is 5.78 Å². The Morgan fingerprint density at radius 1 is 1.12 bits per heavy atom. The number of unbranched alkanes of at least 4 members (excludes halogenated alkanes) is 5. The van der Waals surface area contributed by atoms with Gasteiger partial charge in [-0.05, 0) is 29.9 Å². The highest BCUT2D eigenvalue weighted by atomic mass is 32.1. The van der Waals surface area contributed by atoms with Crippen LogP contribution in [0.25, 0.3) is 0 Å². The molecule has 0 fully saturated rings. The summed E-state index contributed by atoms with van der Waals surface area (Å²) in [5.74, 6) is 0.354.